The van der Waals surface area contributed by atoms with Crippen LogP contribution in [0, 0.1) is 11.8 Å². The molecule has 0 unspecified atom stereocenters. The fraction of sp³-hybridized carbons (Fsp3) is 0.812. The number of aliphatic hydroxyl groups excluding tert-OH is 3. The number of aliphatic hydroxyl groups is 3. The molecule has 0 aromatic carbocycles. The fourth-order valence-electron chi connectivity index (χ4n) is 2.48. The first-order valence-electron chi connectivity index (χ1n) is 8.04. The summed E-state index contributed by atoms with van der Waals surface area (Å²) in [5.41, 5.74) is 0. The summed E-state index contributed by atoms with van der Waals surface area (Å²) < 4.78 is 0. The zero-order chi connectivity index (χ0) is 16.5. The minimum Gasteiger partial charge on any atom is -0.389 e. The summed E-state index contributed by atoms with van der Waals surface area (Å²) >= 11 is 0. The Morgan fingerprint density at radius 2 is 1.86 bits per heavy atom. The summed E-state index contributed by atoms with van der Waals surface area (Å²) in [5, 5.41) is 34.8. The Hall–Kier alpha value is -1.13. The van der Waals surface area contributed by atoms with Crippen LogP contribution >= 0.6 is 0 Å². The van der Waals surface area contributed by atoms with Gasteiger partial charge in [-0.3, -0.25) is 4.79 Å². The Balaban J connectivity index is 2.30. The van der Waals surface area contributed by atoms with Crippen molar-refractivity contribution in [3.63, 3.8) is 0 Å². The van der Waals surface area contributed by atoms with Gasteiger partial charge in [-0.15, -0.1) is 0 Å². The SMILES string of the molecule is CCCCCCC#CC(=O)NC[C@H]1N[C@@H](C)[C@@H](O)[C@@H](O)[C@@H]1O. The molecule has 0 radical (unpaired) electrons. The van der Waals surface area contributed by atoms with Gasteiger partial charge >= 0.3 is 0 Å². The van der Waals surface area contributed by atoms with E-state index in [9.17, 15) is 20.1 Å². The molecule has 1 fully saturated rings. The van der Waals surface area contributed by atoms with Crippen LogP contribution in [0.4, 0.5) is 0 Å². The van der Waals surface area contributed by atoms with Gasteiger partial charge in [-0.05, 0) is 19.3 Å². The molecule has 0 aliphatic carbocycles. The van der Waals surface area contributed by atoms with Crippen molar-refractivity contribution in [3.8, 4) is 11.8 Å². The van der Waals surface area contributed by atoms with E-state index in [0.717, 1.165) is 12.8 Å². The molecule has 1 amide bonds. The molecule has 1 saturated heterocycles. The first-order chi connectivity index (χ1) is 10.5. The molecule has 126 valence electrons. The highest BCUT2D eigenvalue weighted by molar-refractivity contribution is 5.93. The number of rotatable bonds is 6. The maximum atomic E-state index is 11.6. The Labute approximate surface area is 132 Å². The monoisotopic (exact) mass is 312 g/mol. The van der Waals surface area contributed by atoms with Crippen molar-refractivity contribution in [2.45, 2.75) is 76.3 Å². The molecule has 1 rings (SSSR count). The lowest BCUT2D eigenvalue weighted by Gasteiger charge is -2.40. The third-order valence-corrected chi connectivity index (χ3v) is 3.94. The van der Waals surface area contributed by atoms with Gasteiger partial charge in [0.25, 0.3) is 5.91 Å². The van der Waals surface area contributed by atoms with Crippen molar-refractivity contribution >= 4 is 5.91 Å². The smallest absolute Gasteiger partial charge is 0.295 e. The van der Waals surface area contributed by atoms with E-state index >= 15 is 0 Å². The van der Waals surface area contributed by atoms with Gasteiger partial charge in [-0.1, -0.05) is 32.1 Å². The fourth-order valence-corrected chi connectivity index (χ4v) is 2.48. The highest BCUT2D eigenvalue weighted by atomic mass is 16.4. The number of unbranched alkanes of at least 4 members (excludes halogenated alkanes) is 4. The topological polar surface area (TPSA) is 102 Å². The highest BCUT2D eigenvalue weighted by Crippen LogP contribution is 2.14. The number of carbonyl (C=O) groups is 1. The minimum absolute atomic E-state index is 0.151. The first-order valence-corrected chi connectivity index (χ1v) is 8.04. The lowest BCUT2D eigenvalue weighted by atomic mass is 9.91. The maximum Gasteiger partial charge on any atom is 0.295 e. The van der Waals surface area contributed by atoms with Gasteiger partial charge in [0.2, 0.25) is 0 Å². The van der Waals surface area contributed by atoms with Gasteiger partial charge in [0.05, 0.1) is 18.2 Å². The average Bonchev–Trinajstić information content (AvgIpc) is 2.51. The molecule has 1 heterocycles. The molecule has 0 spiro atoms. The molecule has 1 aliphatic heterocycles. The van der Waals surface area contributed by atoms with Crippen LogP contribution in [0.3, 0.4) is 0 Å². The number of amides is 1. The van der Waals surface area contributed by atoms with Crippen molar-refractivity contribution in [1.29, 1.82) is 0 Å². The second kappa shape index (κ2) is 9.80. The zero-order valence-corrected chi connectivity index (χ0v) is 13.4. The Kier molecular flexibility index (Phi) is 8.43. The molecule has 0 aromatic rings. The summed E-state index contributed by atoms with van der Waals surface area (Å²) in [4.78, 5) is 11.6. The van der Waals surface area contributed by atoms with Crippen LogP contribution in [0.2, 0.25) is 0 Å². The third-order valence-electron chi connectivity index (χ3n) is 3.94. The van der Waals surface area contributed by atoms with Crippen LogP contribution in [0.25, 0.3) is 0 Å². The van der Waals surface area contributed by atoms with Crippen molar-refractivity contribution in [1.82, 2.24) is 10.6 Å². The quantitative estimate of drug-likeness (QED) is 0.337. The molecule has 6 nitrogen and oxygen atoms in total. The second-order valence-electron chi connectivity index (χ2n) is 5.86. The van der Waals surface area contributed by atoms with Gasteiger partial charge in [0.1, 0.15) is 6.10 Å². The molecule has 6 heteroatoms. The van der Waals surface area contributed by atoms with Crippen LogP contribution in [-0.2, 0) is 4.79 Å². The maximum absolute atomic E-state index is 11.6. The van der Waals surface area contributed by atoms with Crippen LogP contribution in [0.5, 0.6) is 0 Å². The molecule has 5 N–H and O–H groups in total. The number of nitrogens with one attached hydrogen (secondary N) is 2. The predicted octanol–water partition coefficient (Wildman–Crippen LogP) is -0.481. The van der Waals surface area contributed by atoms with Crippen molar-refractivity contribution in [3.05, 3.63) is 0 Å². The van der Waals surface area contributed by atoms with E-state index in [1.54, 1.807) is 6.92 Å². The van der Waals surface area contributed by atoms with E-state index < -0.39 is 30.3 Å². The lowest BCUT2D eigenvalue weighted by molar-refractivity contribution is -0.119. The summed E-state index contributed by atoms with van der Waals surface area (Å²) in [5.74, 6) is 4.97. The molecule has 0 saturated carbocycles. The van der Waals surface area contributed by atoms with Gasteiger partial charge < -0.3 is 26.0 Å². The van der Waals surface area contributed by atoms with E-state index in [-0.39, 0.29) is 12.6 Å². The molecule has 22 heavy (non-hydrogen) atoms. The predicted molar refractivity (Wildman–Crippen MR) is 84.0 cm³/mol. The zero-order valence-electron chi connectivity index (χ0n) is 13.4. The molecule has 1 aliphatic rings. The van der Waals surface area contributed by atoms with E-state index in [0.29, 0.717) is 6.42 Å². The second-order valence-corrected chi connectivity index (χ2v) is 5.86. The standard InChI is InChI=1S/C16H28N2O4/c1-3-4-5-6-7-8-9-13(19)17-10-12-15(21)16(22)14(20)11(2)18-12/h11-12,14-16,18,20-22H,3-7,10H2,1-2H3,(H,17,19)/t11-,12+,14+,15+,16+/m0/s1. The van der Waals surface area contributed by atoms with E-state index in [1.165, 1.54) is 12.8 Å². The molecular formula is C16H28N2O4. The van der Waals surface area contributed by atoms with Gasteiger partial charge in [-0.2, -0.15) is 0 Å². The average molecular weight is 312 g/mol. The molecule has 5 atom stereocenters. The third kappa shape index (κ3) is 5.93. The van der Waals surface area contributed by atoms with Crippen LogP contribution < -0.4 is 10.6 Å². The van der Waals surface area contributed by atoms with E-state index in [4.69, 9.17) is 0 Å². The highest BCUT2D eigenvalue weighted by Gasteiger charge is 2.40. The van der Waals surface area contributed by atoms with Gasteiger partial charge in [0, 0.05) is 19.0 Å². The number of hydrogen-bond donors (Lipinski definition) is 5. The Morgan fingerprint density at radius 3 is 2.55 bits per heavy atom. The first kappa shape index (κ1) is 18.9. The lowest BCUT2D eigenvalue weighted by Crippen LogP contribution is -2.66. The van der Waals surface area contributed by atoms with Crippen LogP contribution in [-0.4, -0.2) is 58.2 Å². The normalized spacial score (nSPS) is 31.2. The summed E-state index contributed by atoms with van der Waals surface area (Å²) in [6, 6.07) is -0.867. The van der Waals surface area contributed by atoms with E-state index in [1.807, 2.05) is 0 Å². The van der Waals surface area contributed by atoms with Crippen LogP contribution in [0.1, 0.15) is 46.0 Å². The Bertz CT molecular complexity index is 405. The summed E-state index contributed by atoms with van der Waals surface area (Å²) in [6.45, 7) is 4.01. The van der Waals surface area contributed by atoms with E-state index in [2.05, 4.69) is 29.4 Å². The summed E-state index contributed by atoms with van der Waals surface area (Å²) in [6.07, 6.45) is 1.82. The van der Waals surface area contributed by atoms with Crippen molar-refractivity contribution in [2.75, 3.05) is 6.54 Å². The number of carbonyl (C=O) groups excluding carboxylic acids is 1. The summed E-state index contributed by atoms with van der Waals surface area (Å²) in [7, 11) is 0. The number of piperidine rings is 1. The molecule has 0 aromatic heterocycles. The Morgan fingerprint density at radius 1 is 1.14 bits per heavy atom. The van der Waals surface area contributed by atoms with Crippen molar-refractivity contribution in [2.24, 2.45) is 0 Å². The molecule has 0 bridgehead atoms. The number of hydrogen-bond acceptors (Lipinski definition) is 5. The minimum atomic E-state index is -1.22. The molecular weight excluding hydrogens is 284 g/mol. The largest absolute Gasteiger partial charge is 0.389 e. The van der Waals surface area contributed by atoms with Crippen molar-refractivity contribution < 1.29 is 20.1 Å². The van der Waals surface area contributed by atoms with Gasteiger partial charge in [-0.25, -0.2) is 0 Å². The van der Waals surface area contributed by atoms with Gasteiger partial charge in [0.15, 0.2) is 0 Å². The van der Waals surface area contributed by atoms with Crippen LogP contribution in [0.15, 0.2) is 0 Å².